The van der Waals surface area contributed by atoms with Gasteiger partial charge in [0.05, 0.1) is 4.88 Å². The van der Waals surface area contributed by atoms with Crippen molar-refractivity contribution in [3.63, 3.8) is 0 Å². The Hall–Kier alpha value is -0.620. The van der Waals surface area contributed by atoms with Crippen molar-refractivity contribution in [1.82, 2.24) is 4.90 Å². The lowest BCUT2D eigenvalue weighted by molar-refractivity contribution is -0.173. The van der Waals surface area contributed by atoms with Crippen LogP contribution in [-0.4, -0.2) is 37.0 Å². The summed E-state index contributed by atoms with van der Waals surface area (Å²) in [6, 6.07) is 4.75. The number of primary amides is 1. The SMILES string of the molecule is CO[C@]1(c2ccc(C(N)=O)s2)[C@@H]2CCC[C@H]1CN(C1CCCCC1)C2.Cl. The zero-order valence-corrected chi connectivity index (χ0v) is 17.2. The maximum atomic E-state index is 11.6. The summed E-state index contributed by atoms with van der Waals surface area (Å²) in [5.74, 6) is 0.713. The molecule has 1 amide bonds. The normalized spacial score (nSPS) is 32.8. The van der Waals surface area contributed by atoms with Gasteiger partial charge < -0.3 is 10.5 Å². The van der Waals surface area contributed by atoms with Crippen molar-refractivity contribution < 1.29 is 9.53 Å². The van der Waals surface area contributed by atoms with E-state index in [2.05, 4.69) is 11.0 Å². The van der Waals surface area contributed by atoms with Crippen LogP contribution in [0.4, 0.5) is 0 Å². The lowest BCUT2D eigenvalue weighted by Gasteiger charge is -2.56. The highest BCUT2D eigenvalue weighted by atomic mass is 35.5. The van der Waals surface area contributed by atoms with Crippen LogP contribution in [0.2, 0.25) is 0 Å². The van der Waals surface area contributed by atoms with Gasteiger partial charge in [0.25, 0.3) is 5.91 Å². The van der Waals surface area contributed by atoms with Crippen molar-refractivity contribution in [2.45, 2.75) is 63.0 Å². The molecule has 1 aliphatic heterocycles. The molecular formula is C20H31ClN2O2S. The van der Waals surface area contributed by atoms with Crippen LogP contribution in [-0.2, 0) is 10.3 Å². The Labute approximate surface area is 166 Å². The first-order valence-corrected chi connectivity index (χ1v) is 10.7. The molecule has 1 aromatic rings. The van der Waals surface area contributed by atoms with Crippen molar-refractivity contribution >= 4 is 29.7 Å². The summed E-state index contributed by atoms with van der Waals surface area (Å²) in [5.41, 5.74) is 5.28. The molecule has 2 N–H and O–H groups in total. The molecule has 0 unspecified atom stereocenters. The van der Waals surface area contributed by atoms with Gasteiger partial charge in [-0.25, -0.2) is 0 Å². The standard InChI is InChI=1S/C20H30N2O2S.ClH/c1-24-20(18-11-10-17(25-18)19(21)23)14-6-5-7-15(20)13-22(12-14)16-8-3-2-4-9-16;/h10-11,14-16H,2-9,12-13H2,1H3,(H2,21,23);1H/t14-,15+,20-;. The van der Waals surface area contributed by atoms with Gasteiger partial charge in [-0.15, -0.1) is 23.7 Å². The zero-order chi connectivity index (χ0) is 17.4. The van der Waals surface area contributed by atoms with E-state index in [0.717, 1.165) is 19.1 Å². The number of carbonyl (C=O) groups excluding carboxylic acids is 1. The van der Waals surface area contributed by atoms with Gasteiger partial charge in [-0.1, -0.05) is 25.7 Å². The number of methoxy groups -OCH3 is 1. The monoisotopic (exact) mass is 398 g/mol. The minimum atomic E-state index is -0.327. The van der Waals surface area contributed by atoms with Crippen molar-refractivity contribution in [2.24, 2.45) is 17.6 Å². The van der Waals surface area contributed by atoms with Crippen LogP contribution in [0.25, 0.3) is 0 Å². The van der Waals surface area contributed by atoms with Gasteiger partial charge in [-0.2, -0.15) is 0 Å². The number of hydrogen-bond acceptors (Lipinski definition) is 4. The predicted octanol–water partition coefficient (Wildman–Crippen LogP) is 4.18. The molecule has 3 aliphatic rings. The summed E-state index contributed by atoms with van der Waals surface area (Å²) in [7, 11) is 1.87. The van der Waals surface area contributed by atoms with Crippen molar-refractivity contribution in [2.75, 3.05) is 20.2 Å². The molecule has 2 aliphatic carbocycles. The Bertz CT molecular complexity index is 615. The Morgan fingerprint density at radius 3 is 2.31 bits per heavy atom. The number of piperidine rings is 1. The number of rotatable bonds is 4. The Morgan fingerprint density at radius 1 is 1.12 bits per heavy atom. The number of ether oxygens (including phenoxy) is 1. The largest absolute Gasteiger partial charge is 0.372 e. The average Bonchev–Trinajstić information content (AvgIpc) is 3.12. The van der Waals surface area contributed by atoms with Gasteiger partial charge in [0, 0.05) is 43.0 Å². The van der Waals surface area contributed by atoms with E-state index in [0.29, 0.717) is 16.7 Å². The van der Waals surface area contributed by atoms with E-state index in [9.17, 15) is 4.79 Å². The Morgan fingerprint density at radius 2 is 1.77 bits per heavy atom. The number of nitrogens with two attached hydrogens (primary N) is 1. The molecule has 3 fully saturated rings. The molecule has 0 aromatic carbocycles. The van der Waals surface area contributed by atoms with E-state index in [-0.39, 0.29) is 23.9 Å². The number of carbonyl (C=O) groups is 1. The average molecular weight is 399 g/mol. The van der Waals surface area contributed by atoms with Crippen molar-refractivity contribution in [3.05, 3.63) is 21.9 Å². The molecule has 6 heteroatoms. The second-order valence-corrected chi connectivity index (χ2v) is 9.18. The molecule has 1 saturated heterocycles. The van der Waals surface area contributed by atoms with Crippen LogP contribution in [0.5, 0.6) is 0 Å². The second-order valence-electron chi connectivity index (χ2n) is 8.10. The summed E-state index contributed by atoms with van der Waals surface area (Å²) < 4.78 is 6.29. The molecule has 2 saturated carbocycles. The first-order chi connectivity index (χ1) is 12.1. The lowest BCUT2D eigenvalue weighted by atomic mass is 9.64. The second kappa shape index (κ2) is 8.17. The van der Waals surface area contributed by atoms with Gasteiger partial charge in [0.1, 0.15) is 5.60 Å². The van der Waals surface area contributed by atoms with E-state index < -0.39 is 0 Å². The van der Waals surface area contributed by atoms with Crippen molar-refractivity contribution in [1.29, 1.82) is 0 Å². The van der Waals surface area contributed by atoms with Gasteiger partial charge in [-0.3, -0.25) is 9.69 Å². The maximum absolute atomic E-state index is 11.6. The molecule has 4 rings (SSSR count). The minimum absolute atomic E-state index is 0. The third kappa shape index (κ3) is 3.32. The number of nitrogens with zero attached hydrogens (tertiary/aromatic N) is 1. The van der Waals surface area contributed by atoms with Gasteiger partial charge in [0.15, 0.2) is 0 Å². The molecule has 146 valence electrons. The summed E-state index contributed by atoms with van der Waals surface area (Å²) in [6.07, 6.45) is 10.7. The number of thiophene rings is 1. The third-order valence-corrected chi connectivity index (χ3v) is 8.12. The molecule has 1 aromatic heterocycles. The molecule has 26 heavy (non-hydrogen) atoms. The van der Waals surface area contributed by atoms with Gasteiger partial charge in [-0.05, 0) is 37.8 Å². The van der Waals surface area contributed by atoms with E-state index >= 15 is 0 Å². The topological polar surface area (TPSA) is 55.6 Å². The highest BCUT2D eigenvalue weighted by molar-refractivity contribution is 7.14. The number of amides is 1. The first-order valence-electron chi connectivity index (χ1n) is 9.84. The fourth-order valence-electron chi connectivity index (χ4n) is 5.73. The maximum Gasteiger partial charge on any atom is 0.258 e. The van der Waals surface area contributed by atoms with Crippen LogP contribution in [0.1, 0.15) is 65.9 Å². The van der Waals surface area contributed by atoms with E-state index in [4.69, 9.17) is 10.5 Å². The fourth-order valence-corrected chi connectivity index (χ4v) is 6.91. The lowest BCUT2D eigenvalue weighted by Crippen LogP contribution is -2.60. The quantitative estimate of drug-likeness (QED) is 0.827. The Kier molecular flexibility index (Phi) is 6.33. The third-order valence-electron chi connectivity index (χ3n) is 6.89. The molecular weight excluding hydrogens is 368 g/mol. The minimum Gasteiger partial charge on any atom is -0.372 e. The molecule has 0 radical (unpaired) electrons. The Balaban J connectivity index is 0.00000196. The fraction of sp³-hybridized carbons (Fsp3) is 0.750. The highest BCUT2D eigenvalue weighted by Crippen LogP contribution is 2.53. The summed E-state index contributed by atoms with van der Waals surface area (Å²) in [4.78, 5) is 16.2. The number of likely N-dealkylation sites (tertiary alicyclic amines) is 1. The molecule has 2 bridgehead atoms. The van der Waals surface area contributed by atoms with Crippen LogP contribution in [0, 0.1) is 11.8 Å². The summed E-state index contributed by atoms with van der Waals surface area (Å²) >= 11 is 1.55. The van der Waals surface area contributed by atoms with Crippen LogP contribution < -0.4 is 5.73 Å². The molecule has 0 spiro atoms. The zero-order valence-electron chi connectivity index (χ0n) is 15.6. The first kappa shape index (κ1) is 20.1. The smallest absolute Gasteiger partial charge is 0.258 e. The van der Waals surface area contributed by atoms with Crippen LogP contribution >= 0.6 is 23.7 Å². The van der Waals surface area contributed by atoms with Crippen LogP contribution in [0.15, 0.2) is 12.1 Å². The van der Waals surface area contributed by atoms with Crippen molar-refractivity contribution in [3.8, 4) is 0 Å². The molecule has 2 heterocycles. The number of halogens is 1. The van der Waals surface area contributed by atoms with Gasteiger partial charge >= 0.3 is 0 Å². The predicted molar refractivity (Wildman–Crippen MR) is 108 cm³/mol. The highest BCUT2D eigenvalue weighted by Gasteiger charge is 2.54. The van der Waals surface area contributed by atoms with E-state index in [1.807, 2.05) is 13.2 Å². The number of fused-ring (bicyclic) bond motifs is 2. The summed E-state index contributed by atoms with van der Waals surface area (Å²) in [5, 5.41) is 0. The molecule has 4 nitrogen and oxygen atoms in total. The van der Waals surface area contributed by atoms with E-state index in [1.54, 1.807) is 11.3 Å². The van der Waals surface area contributed by atoms with Crippen LogP contribution in [0.3, 0.4) is 0 Å². The van der Waals surface area contributed by atoms with E-state index in [1.165, 1.54) is 56.2 Å². The van der Waals surface area contributed by atoms with Gasteiger partial charge in [0.2, 0.25) is 0 Å². The number of hydrogen-bond donors (Lipinski definition) is 1. The summed E-state index contributed by atoms with van der Waals surface area (Å²) in [6.45, 7) is 2.28. The molecule has 3 atom stereocenters.